The molecule has 1 heterocycles. The first-order chi connectivity index (χ1) is 13.4. The largest absolute Gasteiger partial charge is 0.497 e. The summed E-state index contributed by atoms with van der Waals surface area (Å²) < 4.78 is 33.2. The Morgan fingerprint density at radius 2 is 1.68 bits per heavy atom. The lowest BCUT2D eigenvalue weighted by atomic mass is 10.2. The minimum Gasteiger partial charge on any atom is -0.497 e. The lowest BCUT2D eigenvalue weighted by molar-refractivity contribution is 0.132. The van der Waals surface area contributed by atoms with E-state index in [1.807, 2.05) is 6.92 Å². The molecule has 0 spiro atoms. The third-order valence-electron chi connectivity index (χ3n) is 5.01. The highest BCUT2D eigenvalue weighted by atomic mass is 32.2. The van der Waals surface area contributed by atoms with Crippen LogP contribution in [0.25, 0.3) is 0 Å². The van der Waals surface area contributed by atoms with E-state index in [2.05, 4.69) is 4.90 Å². The van der Waals surface area contributed by atoms with Crippen LogP contribution in [0, 0.1) is 6.92 Å². The molecular formula is C21H28N2O4S. The zero-order valence-electron chi connectivity index (χ0n) is 16.4. The second kappa shape index (κ2) is 8.94. The topological polar surface area (TPSA) is 70.1 Å². The molecular weight excluding hydrogens is 376 g/mol. The van der Waals surface area contributed by atoms with Gasteiger partial charge in [-0.15, -0.1) is 0 Å². The summed E-state index contributed by atoms with van der Waals surface area (Å²) in [4.78, 5) is 2.39. The molecule has 152 valence electrons. The quantitative estimate of drug-likeness (QED) is 0.733. The lowest BCUT2D eigenvalue weighted by Crippen LogP contribution is -2.42. The SMILES string of the molecule is COc1ccc(N(CC(O)CN2CCCC2)S(=O)(=O)c2ccc(C)cc2)cc1. The average Bonchev–Trinajstić information content (AvgIpc) is 3.19. The maximum atomic E-state index is 13.3. The van der Waals surface area contributed by atoms with Crippen molar-refractivity contribution >= 4 is 15.7 Å². The van der Waals surface area contributed by atoms with Gasteiger partial charge in [-0.2, -0.15) is 0 Å². The molecule has 3 rings (SSSR count). The fourth-order valence-electron chi connectivity index (χ4n) is 3.44. The van der Waals surface area contributed by atoms with E-state index in [4.69, 9.17) is 4.74 Å². The maximum Gasteiger partial charge on any atom is 0.264 e. The van der Waals surface area contributed by atoms with Crippen LogP contribution in [0.4, 0.5) is 5.69 Å². The second-order valence-corrected chi connectivity index (χ2v) is 9.07. The summed E-state index contributed by atoms with van der Waals surface area (Å²) in [5, 5.41) is 10.6. The fraction of sp³-hybridized carbons (Fsp3) is 0.429. The summed E-state index contributed by atoms with van der Waals surface area (Å²) in [6, 6.07) is 13.6. The van der Waals surface area contributed by atoms with Gasteiger partial charge < -0.3 is 14.7 Å². The Labute approximate surface area is 167 Å². The highest BCUT2D eigenvalue weighted by Gasteiger charge is 2.28. The Morgan fingerprint density at radius 1 is 1.07 bits per heavy atom. The predicted molar refractivity (Wildman–Crippen MR) is 110 cm³/mol. The number of aryl methyl sites for hydroxylation is 1. The summed E-state index contributed by atoms with van der Waals surface area (Å²) in [5.74, 6) is 0.647. The Hall–Kier alpha value is -2.09. The van der Waals surface area contributed by atoms with Gasteiger partial charge in [-0.1, -0.05) is 17.7 Å². The molecule has 2 aromatic carbocycles. The molecule has 1 fully saturated rings. The van der Waals surface area contributed by atoms with Crippen LogP contribution in [-0.2, 0) is 10.0 Å². The van der Waals surface area contributed by atoms with Gasteiger partial charge in [0, 0.05) is 6.54 Å². The smallest absolute Gasteiger partial charge is 0.264 e. The summed E-state index contributed by atoms with van der Waals surface area (Å²) in [7, 11) is -2.24. The molecule has 0 amide bonds. The van der Waals surface area contributed by atoms with E-state index < -0.39 is 16.1 Å². The molecule has 1 atom stereocenters. The zero-order valence-corrected chi connectivity index (χ0v) is 17.2. The van der Waals surface area contributed by atoms with E-state index in [0.29, 0.717) is 18.0 Å². The first-order valence-corrected chi connectivity index (χ1v) is 11.0. The van der Waals surface area contributed by atoms with E-state index in [1.165, 1.54) is 4.31 Å². The number of ether oxygens (including phenoxy) is 1. The number of benzene rings is 2. The molecule has 7 heteroatoms. The molecule has 6 nitrogen and oxygen atoms in total. The van der Waals surface area contributed by atoms with Gasteiger partial charge in [0.15, 0.2) is 0 Å². The molecule has 1 N–H and O–H groups in total. The van der Waals surface area contributed by atoms with Crippen molar-refractivity contribution in [2.24, 2.45) is 0 Å². The minimum absolute atomic E-state index is 0.000954. The van der Waals surface area contributed by atoms with Crippen LogP contribution in [0.3, 0.4) is 0 Å². The monoisotopic (exact) mass is 404 g/mol. The molecule has 0 saturated carbocycles. The molecule has 2 aromatic rings. The van der Waals surface area contributed by atoms with Crippen molar-refractivity contribution in [1.82, 2.24) is 4.90 Å². The van der Waals surface area contributed by atoms with Crippen LogP contribution in [0.15, 0.2) is 53.4 Å². The van der Waals surface area contributed by atoms with Crippen molar-refractivity contribution in [1.29, 1.82) is 0 Å². The highest BCUT2D eigenvalue weighted by Crippen LogP contribution is 2.26. The third-order valence-corrected chi connectivity index (χ3v) is 6.82. The molecule has 1 aliphatic rings. The number of likely N-dealkylation sites (tertiary alicyclic amines) is 1. The first-order valence-electron chi connectivity index (χ1n) is 9.54. The fourth-order valence-corrected chi connectivity index (χ4v) is 4.94. The number of hydrogen-bond donors (Lipinski definition) is 1. The number of hydrogen-bond acceptors (Lipinski definition) is 5. The third kappa shape index (κ3) is 4.84. The van der Waals surface area contributed by atoms with Crippen LogP contribution in [-0.4, -0.2) is 57.8 Å². The van der Waals surface area contributed by atoms with Gasteiger partial charge in [-0.25, -0.2) is 8.42 Å². The van der Waals surface area contributed by atoms with Crippen LogP contribution in [0.1, 0.15) is 18.4 Å². The summed E-state index contributed by atoms with van der Waals surface area (Å²) >= 11 is 0. The van der Waals surface area contributed by atoms with Crippen LogP contribution in [0.2, 0.25) is 0 Å². The maximum absolute atomic E-state index is 13.3. The van der Waals surface area contributed by atoms with Gasteiger partial charge in [-0.05, 0) is 69.3 Å². The number of methoxy groups -OCH3 is 1. The first kappa shape index (κ1) is 20.6. The van der Waals surface area contributed by atoms with E-state index in [-0.39, 0.29) is 11.4 Å². The minimum atomic E-state index is -3.81. The lowest BCUT2D eigenvalue weighted by Gasteiger charge is -2.28. The zero-order chi connectivity index (χ0) is 20.1. The standard InChI is InChI=1S/C21H28N2O4S/c1-17-5-11-21(12-6-17)28(25,26)23(18-7-9-20(27-2)10-8-18)16-19(24)15-22-13-3-4-14-22/h5-12,19,24H,3-4,13-16H2,1-2H3. The van der Waals surface area contributed by atoms with E-state index in [1.54, 1.807) is 55.6 Å². The Bertz CT molecular complexity index is 860. The van der Waals surface area contributed by atoms with Crippen LogP contribution >= 0.6 is 0 Å². The van der Waals surface area contributed by atoms with Gasteiger partial charge in [0.2, 0.25) is 0 Å². The molecule has 1 aliphatic heterocycles. The number of aliphatic hydroxyl groups is 1. The molecule has 1 saturated heterocycles. The number of sulfonamides is 1. The normalized spacial score (nSPS) is 16.1. The number of aliphatic hydroxyl groups excluding tert-OH is 1. The number of rotatable bonds is 8. The Morgan fingerprint density at radius 3 is 2.25 bits per heavy atom. The molecule has 0 aromatic heterocycles. The van der Waals surface area contributed by atoms with Gasteiger partial charge in [0.05, 0.1) is 30.3 Å². The van der Waals surface area contributed by atoms with Gasteiger partial charge in [-0.3, -0.25) is 4.31 Å². The predicted octanol–water partition coefficient (Wildman–Crippen LogP) is 2.66. The number of nitrogens with zero attached hydrogens (tertiary/aromatic N) is 2. The van der Waals surface area contributed by atoms with Crippen molar-refractivity contribution in [3.05, 3.63) is 54.1 Å². The summed E-state index contributed by atoms with van der Waals surface area (Å²) in [6.07, 6.45) is 1.47. The average molecular weight is 405 g/mol. The molecule has 0 bridgehead atoms. The summed E-state index contributed by atoms with van der Waals surface area (Å²) in [5.41, 5.74) is 1.49. The second-order valence-electron chi connectivity index (χ2n) is 7.21. The molecule has 28 heavy (non-hydrogen) atoms. The molecule has 0 aliphatic carbocycles. The Balaban J connectivity index is 1.89. The van der Waals surface area contributed by atoms with E-state index in [0.717, 1.165) is 31.5 Å². The van der Waals surface area contributed by atoms with Gasteiger partial charge in [0.1, 0.15) is 5.75 Å². The van der Waals surface area contributed by atoms with Crippen molar-refractivity contribution in [2.75, 3.05) is 37.6 Å². The molecule has 1 unspecified atom stereocenters. The van der Waals surface area contributed by atoms with Gasteiger partial charge in [0.25, 0.3) is 10.0 Å². The van der Waals surface area contributed by atoms with E-state index >= 15 is 0 Å². The Kier molecular flexibility index (Phi) is 6.59. The molecule has 0 radical (unpaired) electrons. The summed E-state index contributed by atoms with van der Waals surface area (Å²) in [6.45, 7) is 4.28. The highest BCUT2D eigenvalue weighted by molar-refractivity contribution is 7.92. The van der Waals surface area contributed by atoms with Crippen molar-refractivity contribution in [3.8, 4) is 5.75 Å². The van der Waals surface area contributed by atoms with Crippen molar-refractivity contribution in [3.63, 3.8) is 0 Å². The van der Waals surface area contributed by atoms with Crippen molar-refractivity contribution in [2.45, 2.75) is 30.8 Å². The van der Waals surface area contributed by atoms with Crippen LogP contribution in [0.5, 0.6) is 5.75 Å². The van der Waals surface area contributed by atoms with Crippen LogP contribution < -0.4 is 9.04 Å². The number of anilines is 1. The number of β-amino-alcohol motifs (C(OH)–C–C–N with tert-alkyl or cyclic N) is 1. The van der Waals surface area contributed by atoms with Gasteiger partial charge >= 0.3 is 0 Å². The van der Waals surface area contributed by atoms with E-state index in [9.17, 15) is 13.5 Å². The van der Waals surface area contributed by atoms with Crippen molar-refractivity contribution < 1.29 is 18.3 Å².